The second kappa shape index (κ2) is 2.80. The number of hydrogen-bond acceptors (Lipinski definition) is 1. The van der Waals surface area contributed by atoms with Crippen LogP contribution in [-0.2, 0) is 0 Å². The summed E-state index contributed by atoms with van der Waals surface area (Å²) < 4.78 is 15.8. The molecular formula is C6H5Br2N. The molecule has 0 saturated heterocycles. The number of halogens is 2. The van der Waals surface area contributed by atoms with Crippen LogP contribution in [-0.4, -0.2) is 4.98 Å². The van der Waals surface area contributed by atoms with Crippen LogP contribution in [0.15, 0.2) is 21.2 Å². The maximum Gasteiger partial charge on any atom is 0.0852 e. The Kier molecular flexibility index (Phi) is 1.51. The van der Waals surface area contributed by atoms with Crippen LogP contribution in [0.2, 0.25) is 0 Å². The minimum absolute atomic E-state index is 0.107. The molecule has 1 rings (SSSR count). The van der Waals surface area contributed by atoms with Crippen LogP contribution in [0.4, 0.5) is 0 Å². The third-order valence-electron chi connectivity index (χ3n) is 0.859. The van der Waals surface area contributed by atoms with Gasteiger partial charge < -0.3 is 0 Å². The zero-order chi connectivity index (χ0) is 8.59. The first kappa shape index (κ1) is 4.85. The Morgan fingerprint density at radius 3 is 3.00 bits per heavy atom. The quantitative estimate of drug-likeness (QED) is 0.692. The summed E-state index contributed by atoms with van der Waals surface area (Å²) in [7, 11) is 0. The van der Waals surface area contributed by atoms with Crippen molar-refractivity contribution in [1.29, 1.82) is 0 Å². The van der Waals surface area contributed by atoms with Gasteiger partial charge in [0, 0.05) is 15.1 Å². The first-order valence-corrected chi connectivity index (χ1v) is 3.91. The molecule has 0 bridgehead atoms. The average molecular weight is 253 g/mol. The molecule has 3 heteroatoms. The van der Waals surface area contributed by atoms with Crippen LogP contribution in [0.25, 0.3) is 0 Å². The number of hydrogen-bond donors (Lipinski definition) is 0. The molecule has 0 unspecified atom stereocenters. The van der Waals surface area contributed by atoms with Crippen molar-refractivity contribution < 1.29 is 2.74 Å². The largest absolute Gasteiger partial charge is 0.259 e. The number of nitrogens with zero attached hydrogens (tertiary/aromatic N) is 1. The fourth-order valence-electron chi connectivity index (χ4n) is 0.397. The van der Waals surface area contributed by atoms with Gasteiger partial charge in [0.2, 0.25) is 0 Å². The maximum absolute atomic E-state index is 7.47. The highest BCUT2D eigenvalue weighted by atomic mass is 79.9. The van der Waals surface area contributed by atoms with E-state index >= 15 is 0 Å². The summed E-state index contributed by atoms with van der Waals surface area (Å²) in [4.78, 5) is 3.89. The number of aromatic nitrogens is 1. The average Bonchev–Trinajstić information content (AvgIpc) is 1.97. The van der Waals surface area contributed by atoms with E-state index in [0.717, 1.165) is 0 Å². The molecule has 0 aliphatic heterocycles. The van der Waals surface area contributed by atoms with Gasteiger partial charge >= 0.3 is 0 Å². The van der Waals surface area contributed by atoms with Crippen LogP contribution >= 0.6 is 31.9 Å². The molecular weight excluding hydrogens is 246 g/mol. The monoisotopic (exact) mass is 251 g/mol. The Balaban J connectivity index is 3.46. The van der Waals surface area contributed by atoms with Crippen LogP contribution in [0.1, 0.15) is 8.44 Å². The van der Waals surface area contributed by atoms with Gasteiger partial charge in [0.1, 0.15) is 0 Å². The summed E-state index contributed by atoms with van der Waals surface area (Å²) in [6, 6.07) is 0.280. The van der Waals surface area contributed by atoms with Crippen LogP contribution in [0.3, 0.4) is 0 Å². The topological polar surface area (TPSA) is 12.9 Å². The van der Waals surface area contributed by atoms with Gasteiger partial charge in [0.25, 0.3) is 0 Å². The van der Waals surface area contributed by atoms with Crippen LogP contribution in [0, 0.1) is 6.92 Å². The van der Waals surface area contributed by atoms with E-state index in [9.17, 15) is 0 Å². The van der Waals surface area contributed by atoms with Gasteiger partial charge in [0.05, 0.1) is 8.44 Å². The molecule has 1 aromatic heterocycles. The molecule has 0 radical (unpaired) electrons. The summed E-state index contributed by atoms with van der Waals surface area (Å²) >= 11 is 6.30. The predicted octanol–water partition coefficient (Wildman–Crippen LogP) is 2.92. The zero-order valence-electron chi connectivity index (χ0n) is 6.70. The minimum atomic E-state index is 0.107. The van der Waals surface area contributed by atoms with Gasteiger partial charge in [-0.2, -0.15) is 0 Å². The van der Waals surface area contributed by atoms with E-state index in [0.29, 0.717) is 14.6 Å². The molecule has 0 aromatic carbocycles. The molecule has 0 aliphatic rings. The standard InChI is InChI=1S/C6H5Br2N/c1-4-6(8)2-5(7)3-9-4/h2-3H,1H3/i2D,3D. The van der Waals surface area contributed by atoms with E-state index in [1.807, 2.05) is 0 Å². The maximum atomic E-state index is 7.47. The van der Waals surface area contributed by atoms with Crippen molar-refractivity contribution in [3.05, 3.63) is 26.9 Å². The van der Waals surface area contributed by atoms with Gasteiger partial charge in [-0.05, 0) is 44.8 Å². The molecule has 0 spiro atoms. The second-order valence-corrected chi connectivity index (χ2v) is 3.15. The highest BCUT2D eigenvalue weighted by molar-refractivity contribution is 9.11. The van der Waals surface area contributed by atoms with Gasteiger partial charge in [-0.1, -0.05) is 0 Å². The Bertz CT molecular complexity index is 275. The van der Waals surface area contributed by atoms with Crippen LogP contribution in [0.5, 0.6) is 0 Å². The molecule has 0 amide bonds. The Morgan fingerprint density at radius 1 is 1.67 bits per heavy atom. The van der Waals surface area contributed by atoms with E-state index in [4.69, 9.17) is 2.74 Å². The lowest BCUT2D eigenvalue weighted by Gasteiger charge is -1.94. The zero-order valence-corrected chi connectivity index (χ0v) is 7.88. The predicted molar refractivity (Wildman–Crippen MR) is 44.4 cm³/mol. The summed E-state index contributed by atoms with van der Waals surface area (Å²) in [5, 5.41) is 0. The van der Waals surface area contributed by atoms with E-state index < -0.39 is 0 Å². The van der Waals surface area contributed by atoms with Crippen molar-refractivity contribution in [2.45, 2.75) is 6.92 Å². The lowest BCUT2D eigenvalue weighted by Crippen LogP contribution is -1.80. The molecule has 0 N–H and O–H groups in total. The van der Waals surface area contributed by atoms with Gasteiger partial charge in [-0.15, -0.1) is 0 Å². The highest BCUT2D eigenvalue weighted by Crippen LogP contribution is 2.17. The van der Waals surface area contributed by atoms with Crippen molar-refractivity contribution in [3.63, 3.8) is 0 Å². The Morgan fingerprint density at radius 2 is 2.33 bits per heavy atom. The molecule has 0 fully saturated rings. The normalized spacial score (nSPS) is 12.8. The lowest BCUT2D eigenvalue weighted by molar-refractivity contribution is 1.17. The molecule has 1 aromatic rings. The third-order valence-corrected chi connectivity index (χ3v) is 2.01. The number of aryl methyl sites for hydroxylation is 1. The van der Waals surface area contributed by atoms with E-state index in [-0.39, 0.29) is 12.2 Å². The fraction of sp³-hybridized carbons (Fsp3) is 0.167. The second-order valence-electron chi connectivity index (χ2n) is 1.56. The van der Waals surface area contributed by atoms with Crippen molar-refractivity contribution >= 4 is 31.9 Å². The molecule has 0 aliphatic carbocycles. The number of pyridine rings is 1. The fourth-order valence-corrected chi connectivity index (χ4v) is 1.24. The minimum Gasteiger partial charge on any atom is -0.259 e. The first-order chi connectivity index (χ1) is 5.04. The molecule has 0 atom stereocenters. The summed E-state index contributed by atoms with van der Waals surface area (Å²) in [5.41, 5.74) is 0.670. The van der Waals surface area contributed by atoms with Crippen molar-refractivity contribution in [3.8, 4) is 0 Å². The highest BCUT2D eigenvalue weighted by Gasteiger charge is 1.93. The van der Waals surface area contributed by atoms with Crippen LogP contribution < -0.4 is 0 Å². The molecule has 0 saturated carbocycles. The first-order valence-electron chi connectivity index (χ1n) is 3.33. The third kappa shape index (κ3) is 1.76. The van der Waals surface area contributed by atoms with Crippen molar-refractivity contribution in [1.82, 2.24) is 4.98 Å². The molecule has 1 nitrogen and oxygen atoms in total. The Hall–Kier alpha value is 0.110. The molecule has 1 heterocycles. The van der Waals surface area contributed by atoms with Crippen molar-refractivity contribution in [2.24, 2.45) is 0 Å². The van der Waals surface area contributed by atoms with E-state index in [1.54, 1.807) is 6.92 Å². The van der Waals surface area contributed by atoms with Gasteiger partial charge in [-0.3, -0.25) is 4.98 Å². The summed E-state index contributed by atoms with van der Waals surface area (Å²) in [6.45, 7) is 1.76. The lowest BCUT2D eigenvalue weighted by atomic mass is 10.4. The summed E-state index contributed by atoms with van der Waals surface area (Å²) in [6.07, 6.45) is 0.107. The Labute approximate surface area is 73.6 Å². The van der Waals surface area contributed by atoms with Gasteiger partial charge in [0.15, 0.2) is 0 Å². The summed E-state index contributed by atoms with van der Waals surface area (Å²) in [5.74, 6) is 0. The molecule has 48 valence electrons. The molecule has 9 heavy (non-hydrogen) atoms. The SMILES string of the molecule is [2H]c1nc(C)c(Br)c([2H])c1Br. The number of rotatable bonds is 0. The van der Waals surface area contributed by atoms with E-state index in [2.05, 4.69) is 36.8 Å². The van der Waals surface area contributed by atoms with Gasteiger partial charge in [-0.25, -0.2) is 0 Å². The smallest absolute Gasteiger partial charge is 0.0852 e. The van der Waals surface area contributed by atoms with E-state index in [1.165, 1.54) is 0 Å². The van der Waals surface area contributed by atoms with Crippen molar-refractivity contribution in [2.75, 3.05) is 0 Å².